The molecule has 0 aromatic rings. The molecule has 76 valence electrons. The standard InChI is InChI=1S/C9H18N2O2/c1-7(12)11-13-9-5-3-8(10-2)4-6-9/h8-10H,3-6H2,1-2H3,(H,11,12). The third kappa shape index (κ3) is 3.74. The summed E-state index contributed by atoms with van der Waals surface area (Å²) in [5, 5.41) is 3.25. The van der Waals surface area contributed by atoms with Crippen LogP contribution in [0, 0.1) is 0 Å². The van der Waals surface area contributed by atoms with Crippen molar-refractivity contribution in [2.24, 2.45) is 0 Å². The zero-order valence-electron chi connectivity index (χ0n) is 8.30. The van der Waals surface area contributed by atoms with Gasteiger partial charge in [0.1, 0.15) is 0 Å². The molecule has 1 saturated carbocycles. The van der Waals surface area contributed by atoms with Crippen molar-refractivity contribution in [1.82, 2.24) is 10.8 Å². The number of amides is 1. The van der Waals surface area contributed by atoms with Crippen LogP contribution in [-0.4, -0.2) is 25.1 Å². The molecular formula is C9H18N2O2. The first-order valence-corrected chi connectivity index (χ1v) is 4.82. The number of hydrogen-bond donors (Lipinski definition) is 2. The summed E-state index contributed by atoms with van der Waals surface area (Å²) in [7, 11) is 1.99. The van der Waals surface area contributed by atoms with Gasteiger partial charge >= 0.3 is 0 Å². The highest BCUT2D eigenvalue weighted by Gasteiger charge is 2.20. The topological polar surface area (TPSA) is 50.4 Å². The summed E-state index contributed by atoms with van der Waals surface area (Å²) in [5.41, 5.74) is 2.39. The van der Waals surface area contributed by atoms with Crippen molar-refractivity contribution < 1.29 is 9.63 Å². The van der Waals surface area contributed by atoms with Crippen LogP contribution in [0.3, 0.4) is 0 Å². The molecule has 0 aromatic heterocycles. The predicted molar refractivity (Wildman–Crippen MR) is 50.0 cm³/mol. The number of hydrogen-bond acceptors (Lipinski definition) is 3. The van der Waals surface area contributed by atoms with E-state index >= 15 is 0 Å². The van der Waals surface area contributed by atoms with Gasteiger partial charge < -0.3 is 5.32 Å². The molecule has 1 aliphatic rings. The van der Waals surface area contributed by atoms with E-state index in [1.807, 2.05) is 7.05 Å². The Morgan fingerprint density at radius 1 is 1.31 bits per heavy atom. The number of rotatable bonds is 3. The molecule has 1 rings (SSSR count). The van der Waals surface area contributed by atoms with Crippen LogP contribution in [-0.2, 0) is 9.63 Å². The highest BCUT2D eigenvalue weighted by molar-refractivity contribution is 5.71. The largest absolute Gasteiger partial charge is 0.317 e. The molecule has 1 amide bonds. The van der Waals surface area contributed by atoms with E-state index in [0.717, 1.165) is 25.7 Å². The Labute approximate surface area is 79.0 Å². The minimum Gasteiger partial charge on any atom is -0.317 e. The van der Waals surface area contributed by atoms with Gasteiger partial charge in [-0.05, 0) is 32.7 Å². The maximum Gasteiger partial charge on any atom is 0.240 e. The maximum atomic E-state index is 10.6. The first-order valence-electron chi connectivity index (χ1n) is 4.82. The fraction of sp³-hybridized carbons (Fsp3) is 0.889. The van der Waals surface area contributed by atoms with Gasteiger partial charge in [0.2, 0.25) is 5.91 Å². The van der Waals surface area contributed by atoms with Gasteiger partial charge in [-0.3, -0.25) is 9.63 Å². The molecule has 0 radical (unpaired) electrons. The Hall–Kier alpha value is -0.610. The molecule has 4 nitrogen and oxygen atoms in total. The molecule has 0 atom stereocenters. The fourth-order valence-electron chi connectivity index (χ4n) is 1.64. The van der Waals surface area contributed by atoms with E-state index in [-0.39, 0.29) is 12.0 Å². The quantitative estimate of drug-likeness (QED) is 0.634. The normalized spacial score (nSPS) is 28.5. The molecule has 0 aliphatic heterocycles. The van der Waals surface area contributed by atoms with E-state index in [0.29, 0.717) is 6.04 Å². The number of nitrogens with one attached hydrogen (secondary N) is 2. The van der Waals surface area contributed by atoms with Crippen molar-refractivity contribution >= 4 is 5.91 Å². The second kappa shape index (κ2) is 5.19. The molecule has 0 aromatic carbocycles. The Morgan fingerprint density at radius 3 is 2.38 bits per heavy atom. The maximum absolute atomic E-state index is 10.6. The van der Waals surface area contributed by atoms with Crippen molar-refractivity contribution in [2.45, 2.75) is 44.8 Å². The van der Waals surface area contributed by atoms with Crippen molar-refractivity contribution in [1.29, 1.82) is 0 Å². The smallest absolute Gasteiger partial charge is 0.240 e. The van der Waals surface area contributed by atoms with E-state index in [2.05, 4.69) is 10.8 Å². The van der Waals surface area contributed by atoms with Crippen molar-refractivity contribution in [3.05, 3.63) is 0 Å². The fourth-order valence-corrected chi connectivity index (χ4v) is 1.64. The van der Waals surface area contributed by atoms with E-state index < -0.39 is 0 Å². The Morgan fingerprint density at radius 2 is 1.92 bits per heavy atom. The molecule has 4 heteroatoms. The number of carbonyl (C=O) groups is 1. The van der Waals surface area contributed by atoms with E-state index in [9.17, 15) is 4.79 Å². The lowest BCUT2D eigenvalue weighted by Crippen LogP contribution is -2.36. The number of carbonyl (C=O) groups excluding carboxylic acids is 1. The Balaban J connectivity index is 2.14. The van der Waals surface area contributed by atoms with Gasteiger partial charge in [-0.1, -0.05) is 0 Å². The zero-order chi connectivity index (χ0) is 9.68. The molecule has 0 bridgehead atoms. The Kier molecular flexibility index (Phi) is 4.18. The van der Waals surface area contributed by atoms with Gasteiger partial charge in [-0.25, -0.2) is 5.48 Å². The molecule has 1 aliphatic carbocycles. The molecule has 0 unspecified atom stereocenters. The average molecular weight is 186 g/mol. The first-order chi connectivity index (χ1) is 6.22. The molecule has 1 fully saturated rings. The van der Waals surface area contributed by atoms with Crippen LogP contribution in [0.15, 0.2) is 0 Å². The van der Waals surface area contributed by atoms with E-state index in [1.165, 1.54) is 6.92 Å². The molecular weight excluding hydrogens is 168 g/mol. The summed E-state index contributed by atoms with van der Waals surface area (Å²) in [6.07, 6.45) is 4.49. The lowest BCUT2D eigenvalue weighted by atomic mass is 9.93. The summed E-state index contributed by atoms with van der Waals surface area (Å²) in [6, 6.07) is 0.622. The van der Waals surface area contributed by atoms with Crippen LogP contribution in [0.2, 0.25) is 0 Å². The lowest BCUT2D eigenvalue weighted by Gasteiger charge is -2.27. The van der Waals surface area contributed by atoms with E-state index in [4.69, 9.17) is 4.84 Å². The Bertz CT molecular complexity index is 165. The van der Waals surface area contributed by atoms with Gasteiger partial charge in [0.05, 0.1) is 6.10 Å². The average Bonchev–Trinajstić information content (AvgIpc) is 2.15. The summed E-state index contributed by atoms with van der Waals surface area (Å²) in [5.74, 6) is -0.129. The van der Waals surface area contributed by atoms with Crippen LogP contribution >= 0.6 is 0 Å². The van der Waals surface area contributed by atoms with Crippen LogP contribution in [0.4, 0.5) is 0 Å². The first kappa shape index (κ1) is 10.5. The van der Waals surface area contributed by atoms with Crippen LogP contribution in [0.25, 0.3) is 0 Å². The van der Waals surface area contributed by atoms with Crippen molar-refractivity contribution in [3.8, 4) is 0 Å². The minimum absolute atomic E-state index is 0.129. The summed E-state index contributed by atoms with van der Waals surface area (Å²) >= 11 is 0. The second-order valence-electron chi connectivity index (χ2n) is 3.54. The number of hydroxylamine groups is 1. The van der Waals surface area contributed by atoms with Gasteiger partial charge in [0.25, 0.3) is 0 Å². The van der Waals surface area contributed by atoms with E-state index in [1.54, 1.807) is 0 Å². The predicted octanol–water partition coefficient (Wildman–Crippen LogP) is 0.585. The zero-order valence-corrected chi connectivity index (χ0v) is 8.30. The molecule has 0 heterocycles. The lowest BCUT2D eigenvalue weighted by molar-refractivity contribution is -0.138. The summed E-state index contributed by atoms with van der Waals surface area (Å²) in [6.45, 7) is 1.46. The molecule has 0 spiro atoms. The van der Waals surface area contributed by atoms with Crippen LogP contribution < -0.4 is 10.8 Å². The third-order valence-corrected chi connectivity index (χ3v) is 2.45. The van der Waals surface area contributed by atoms with Gasteiger partial charge in [-0.2, -0.15) is 0 Å². The third-order valence-electron chi connectivity index (χ3n) is 2.45. The molecule has 13 heavy (non-hydrogen) atoms. The van der Waals surface area contributed by atoms with Gasteiger partial charge in [0.15, 0.2) is 0 Å². The highest BCUT2D eigenvalue weighted by atomic mass is 16.7. The highest BCUT2D eigenvalue weighted by Crippen LogP contribution is 2.19. The second-order valence-corrected chi connectivity index (χ2v) is 3.54. The van der Waals surface area contributed by atoms with Crippen molar-refractivity contribution in [3.63, 3.8) is 0 Å². The summed E-state index contributed by atoms with van der Waals surface area (Å²) in [4.78, 5) is 15.8. The summed E-state index contributed by atoms with van der Waals surface area (Å²) < 4.78 is 0. The van der Waals surface area contributed by atoms with Crippen molar-refractivity contribution in [2.75, 3.05) is 7.05 Å². The van der Waals surface area contributed by atoms with Crippen LogP contribution in [0.1, 0.15) is 32.6 Å². The SMILES string of the molecule is CNC1CCC(ONC(C)=O)CC1. The molecule has 0 saturated heterocycles. The van der Waals surface area contributed by atoms with Gasteiger partial charge in [0, 0.05) is 13.0 Å². The van der Waals surface area contributed by atoms with Crippen LogP contribution in [0.5, 0.6) is 0 Å². The van der Waals surface area contributed by atoms with Gasteiger partial charge in [-0.15, -0.1) is 0 Å². The molecule has 2 N–H and O–H groups in total. The minimum atomic E-state index is -0.129. The monoisotopic (exact) mass is 186 g/mol.